The van der Waals surface area contributed by atoms with Gasteiger partial charge in [0.15, 0.2) is 0 Å². The maximum atomic E-state index is 11.7. The van der Waals surface area contributed by atoms with E-state index in [1.165, 1.54) is 0 Å². The van der Waals surface area contributed by atoms with E-state index in [4.69, 9.17) is 9.15 Å². The standard InChI is InChI=1S/C19H24N2O4/c1-13(11-17(22)18-7-4-9-24-18)20-14(2)15-5-3-6-16(12-15)21-8-10-25-19(21)23/h3-7,9,12-14,17,20,22H,8,10-11H2,1-2H3. The van der Waals surface area contributed by atoms with Gasteiger partial charge in [-0.2, -0.15) is 0 Å². The van der Waals surface area contributed by atoms with Crippen molar-refractivity contribution in [1.82, 2.24) is 5.32 Å². The highest BCUT2D eigenvalue weighted by atomic mass is 16.6. The lowest BCUT2D eigenvalue weighted by Gasteiger charge is -2.23. The highest BCUT2D eigenvalue weighted by Crippen LogP contribution is 2.25. The van der Waals surface area contributed by atoms with Crippen molar-refractivity contribution in [3.05, 3.63) is 54.0 Å². The molecule has 6 nitrogen and oxygen atoms in total. The van der Waals surface area contributed by atoms with Gasteiger partial charge in [-0.3, -0.25) is 4.90 Å². The van der Waals surface area contributed by atoms with Crippen LogP contribution in [0, 0.1) is 0 Å². The number of aliphatic hydroxyl groups is 1. The van der Waals surface area contributed by atoms with Crippen LogP contribution < -0.4 is 10.2 Å². The summed E-state index contributed by atoms with van der Waals surface area (Å²) in [6, 6.07) is 11.6. The monoisotopic (exact) mass is 344 g/mol. The molecule has 25 heavy (non-hydrogen) atoms. The SMILES string of the molecule is CC(CC(O)c1ccco1)NC(C)c1cccc(N2CCOC2=O)c1. The van der Waals surface area contributed by atoms with Crippen LogP contribution in [0.5, 0.6) is 0 Å². The lowest BCUT2D eigenvalue weighted by molar-refractivity contribution is 0.127. The Morgan fingerprint density at radius 3 is 2.80 bits per heavy atom. The summed E-state index contributed by atoms with van der Waals surface area (Å²) < 4.78 is 10.2. The predicted molar refractivity (Wildman–Crippen MR) is 94.4 cm³/mol. The first-order valence-corrected chi connectivity index (χ1v) is 8.56. The number of nitrogens with one attached hydrogen (secondary N) is 1. The number of amides is 1. The second-order valence-electron chi connectivity index (χ2n) is 6.42. The summed E-state index contributed by atoms with van der Waals surface area (Å²) in [5.41, 5.74) is 1.92. The fourth-order valence-electron chi connectivity index (χ4n) is 3.11. The molecule has 1 aromatic heterocycles. The summed E-state index contributed by atoms with van der Waals surface area (Å²) in [5, 5.41) is 13.7. The molecule has 1 amide bonds. The van der Waals surface area contributed by atoms with Crippen molar-refractivity contribution in [3.8, 4) is 0 Å². The highest BCUT2D eigenvalue weighted by Gasteiger charge is 2.24. The Balaban J connectivity index is 1.60. The van der Waals surface area contributed by atoms with E-state index in [2.05, 4.69) is 12.2 Å². The molecule has 0 aliphatic carbocycles. The number of cyclic esters (lactones) is 1. The van der Waals surface area contributed by atoms with Crippen molar-refractivity contribution in [2.24, 2.45) is 0 Å². The molecule has 3 unspecified atom stereocenters. The lowest BCUT2D eigenvalue weighted by atomic mass is 10.0. The van der Waals surface area contributed by atoms with Gasteiger partial charge in [-0.1, -0.05) is 12.1 Å². The summed E-state index contributed by atoms with van der Waals surface area (Å²) in [5.74, 6) is 0.579. The number of benzene rings is 1. The summed E-state index contributed by atoms with van der Waals surface area (Å²) >= 11 is 0. The van der Waals surface area contributed by atoms with Crippen molar-refractivity contribution in [2.45, 2.75) is 38.5 Å². The Bertz CT molecular complexity index is 701. The number of carbonyl (C=O) groups is 1. The first-order valence-electron chi connectivity index (χ1n) is 8.56. The van der Waals surface area contributed by atoms with Crippen LogP contribution in [-0.2, 0) is 4.74 Å². The van der Waals surface area contributed by atoms with Crippen LogP contribution >= 0.6 is 0 Å². The maximum Gasteiger partial charge on any atom is 0.414 e. The number of aliphatic hydroxyl groups excluding tert-OH is 1. The minimum Gasteiger partial charge on any atom is -0.467 e. The van der Waals surface area contributed by atoms with Gasteiger partial charge in [-0.25, -0.2) is 4.79 Å². The van der Waals surface area contributed by atoms with Gasteiger partial charge in [0, 0.05) is 17.8 Å². The zero-order chi connectivity index (χ0) is 17.8. The fourth-order valence-corrected chi connectivity index (χ4v) is 3.11. The van der Waals surface area contributed by atoms with Gasteiger partial charge in [0.1, 0.15) is 18.5 Å². The normalized spacial score (nSPS) is 18.0. The fraction of sp³-hybridized carbons (Fsp3) is 0.421. The number of nitrogens with zero attached hydrogens (tertiary/aromatic N) is 1. The Hall–Kier alpha value is -2.31. The van der Waals surface area contributed by atoms with E-state index in [1.54, 1.807) is 23.3 Å². The Morgan fingerprint density at radius 1 is 1.28 bits per heavy atom. The van der Waals surface area contributed by atoms with Gasteiger partial charge in [0.05, 0.1) is 12.8 Å². The molecule has 2 N–H and O–H groups in total. The molecular weight excluding hydrogens is 320 g/mol. The predicted octanol–water partition coefficient (Wildman–Crippen LogP) is 3.40. The largest absolute Gasteiger partial charge is 0.467 e. The van der Waals surface area contributed by atoms with Crippen LogP contribution in [0.15, 0.2) is 47.1 Å². The number of hydrogen-bond donors (Lipinski definition) is 2. The molecule has 0 radical (unpaired) electrons. The van der Waals surface area contributed by atoms with Crippen LogP contribution in [0.1, 0.15) is 43.7 Å². The van der Waals surface area contributed by atoms with Crippen molar-refractivity contribution in [3.63, 3.8) is 0 Å². The number of ether oxygens (including phenoxy) is 1. The first kappa shape index (κ1) is 17.5. The number of anilines is 1. The molecule has 0 saturated carbocycles. The van der Waals surface area contributed by atoms with Crippen LogP contribution in [0.4, 0.5) is 10.5 Å². The van der Waals surface area contributed by atoms with Crippen LogP contribution in [0.25, 0.3) is 0 Å². The van der Waals surface area contributed by atoms with Crippen molar-refractivity contribution in [1.29, 1.82) is 0 Å². The second-order valence-corrected chi connectivity index (χ2v) is 6.42. The van der Waals surface area contributed by atoms with Gasteiger partial charge >= 0.3 is 6.09 Å². The quantitative estimate of drug-likeness (QED) is 0.805. The van der Waals surface area contributed by atoms with E-state index in [9.17, 15) is 9.90 Å². The number of hydrogen-bond acceptors (Lipinski definition) is 5. The third-order valence-electron chi connectivity index (χ3n) is 4.43. The zero-order valence-electron chi connectivity index (χ0n) is 14.5. The lowest BCUT2D eigenvalue weighted by Crippen LogP contribution is -2.30. The van der Waals surface area contributed by atoms with Gasteiger partial charge in [-0.05, 0) is 50.1 Å². The van der Waals surface area contributed by atoms with E-state index in [0.29, 0.717) is 25.3 Å². The summed E-state index contributed by atoms with van der Waals surface area (Å²) in [6.07, 6.45) is 1.19. The van der Waals surface area contributed by atoms with Gasteiger partial charge in [0.25, 0.3) is 0 Å². The topological polar surface area (TPSA) is 74.9 Å². The molecule has 1 aliphatic rings. The smallest absolute Gasteiger partial charge is 0.414 e. The average molecular weight is 344 g/mol. The molecule has 2 heterocycles. The summed E-state index contributed by atoms with van der Waals surface area (Å²) in [6.45, 7) is 5.11. The molecule has 134 valence electrons. The Labute approximate surface area is 147 Å². The van der Waals surface area contributed by atoms with E-state index in [-0.39, 0.29) is 18.2 Å². The van der Waals surface area contributed by atoms with Crippen LogP contribution in [0.3, 0.4) is 0 Å². The molecule has 3 rings (SSSR count). The molecule has 0 spiro atoms. The maximum absolute atomic E-state index is 11.7. The van der Waals surface area contributed by atoms with E-state index >= 15 is 0 Å². The van der Waals surface area contributed by atoms with Crippen molar-refractivity contribution < 1.29 is 19.1 Å². The van der Waals surface area contributed by atoms with E-state index in [0.717, 1.165) is 11.3 Å². The average Bonchev–Trinajstić information content (AvgIpc) is 3.26. The third kappa shape index (κ3) is 4.21. The number of carbonyl (C=O) groups excluding carboxylic acids is 1. The van der Waals surface area contributed by atoms with E-state index in [1.807, 2.05) is 31.2 Å². The first-order chi connectivity index (χ1) is 12.0. The Kier molecular flexibility index (Phi) is 5.40. The molecule has 2 aromatic rings. The van der Waals surface area contributed by atoms with Crippen LogP contribution in [-0.4, -0.2) is 30.4 Å². The molecule has 6 heteroatoms. The third-order valence-corrected chi connectivity index (χ3v) is 4.43. The number of rotatable bonds is 7. The van der Waals surface area contributed by atoms with Gasteiger partial charge in [0.2, 0.25) is 0 Å². The molecule has 3 atom stereocenters. The molecule has 1 aromatic carbocycles. The minimum absolute atomic E-state index is 0.0809. The van der Waals surface area contributed by atoms with Crippen LogP contribution in [0.2, 0.25) is 0 Å². The molecule has 1 aliphatic heterocycles. The molecular formula is C19H24N2O4. The molecule has 0 bridgehead atoms. The highest BCUT2D eigenvalue weighted by molar-refractivity contribution is 5.89. The van der Waals surface area contributed by atoms with Crippen molar-refractivity contribution >= 4 is 11.8 Å². The summed E-state index contributed by atoms with van der Waals surface area (Å²) in [7, 11) is 0. The Morgan fingerprint density at radius 2 is 2.12 bits per heavy atom. The van der Waals surface area contributed by atoms with E-state index < -0.39 is 6.10 Å². The molecule has 1 fully saturated rings. The second kappa shape index (κ2) is 7.72. The van der Waals surface area contributed by atoms with Gasteiger partial charge < -0.3 is 19.6 Å². The minimum atomic E-state index is -0.629. The summed E-state index contributed by atoms with van der Waals surface area (Å²) in [4.78, 5) is 13.4. The van der Waals surface area contributed by atoms with Gasteiger partial charge in [-0.15, -0.1) is 0 Å². The van der Waals surface area contributed by atoms with Crippen molar-refractivity contribution in [2.75, 3.05) is 18.1 Å². The number of furan rings is 1. The molecule has 1 saturated heterocycles. The zero-order valence-corrected chi connectivity index (χ0v) is 14.5.